The van der Waals surface area contributed by atoms with Gasteiger partial charge >= 0.3 is 5.97 Å². The summed E-state index contributed by atoms with van der Waals surface area (Å²) in [5.74, 6) is 0.439. The van der Waals surface area contributed by atoms with Gasteiger partial charge in [-0.15, -0.1) is 0 Å². The van der Waals surface area contributed by atoms with Gasteiger partial charge in [0, 0.05) is 5.56 Å². The van der Waals surface area contributed by atoms with Crippen molar-refractivity contribution < 1.29 is 23.8 Å². The summed E-state index contributed by atoms with van der Waals surface area (Å²) >= 11 is 0. The Hall–Kier alpha value is -3.60. The number of carbonyl (C=O) groups excluding carboxylic acids is 2. The third kappa shape index (κ3) is 5.72. The number of aryl methyl sites for hydroxylation is 2. The SMILES string of the molecule is O=C(COc1ccc(OCc2ccccc2)cc1)OCC(=O)c1ccc2c(c1)CCC2. The molecule has 0 spiro atoms. The minimum atomic E-state index is -0.584. The third-order valence-corrected chi connectivity index (χ3v) is 5.21. The van der Waals surface area contributed by atoms with Crippen molar-refractivity contribution in [2.45, 2.75) is 25.9 Å². The van der Waals surface area contributed by atoms with Crippen molar-refractivity contribution in [1.82, 2.24) is 0 Å². The Morgan fingerprint density at radius 3 is 2.23 bits per heavy atom. The van der Waals surface area contributed by atoms with Crippen LogP contribution in [0.3, 0.4) is 0 Å². The van der Waals surface area contributed by atoms with Gasteiger partial charge in [0.1, 0.15) is 18.1 Å². The van der Waals surface area contributed by atoms with E-state index in [1.54, 1.807) is 30.3 Å². The van der Waals surface area contributed by atoms with Crippen molar-refractivity contribution in [1.29, 1.82) is 0 Å². The molecule has 0 bridgehead atoms. The summed E-state index contributed by atoms with van der Waals surface area (Å²) in [4.78, 5) is 24.2. The van der Waals surface area contributed by atoms with Gasteiger partial charge in [0.05, 0.1) is 0 Å². The Balaban J connectivity index is 1.19. The van der Waals surface area contributed by atoms with Crippen LogP contribution < -0.4 is 9.47 Å². The van der Waals surface area contributed by atoms with Crippen LogP contribution in [0.2, 0.25) is 0 Å². The van der Waals surface area contributed by atoms with E-state index < -0.39 is 5.97 Å². The first-order valence-electron chi connectivity index (χ1n) is 10.4. The van der Waals surface area contributed by atoms with E-state index in [0.717, 1.165) is 24.8 Å². The fourth-order valence-electron chi connectivity index (χ4n) is 3.53. The van der Waals surface area contributed by atoms with E-state index in [1.807, 2.05) is 42.5 Å². The van der Waals surface area contributed by atoms with Crippen molar-refractivity contribution in [3.63, 3.8) is 0 Å². The molecule has 0 aliphatic heterocycles. The molecule has 0 unspecified atom stereocenters. The van der Waals surface area contributed by atoms with E-state index in [4.69, 9.17) is 14.2 Å². The number of rotatable bonds is 9. The Morgan fingerprint density at radius 1 is 0.742 bits per heavy atom. The van der Waals surface area contributed by atoms with E-state index in [9.17, 15) is 9.59 Å². The first kappa shape index (κ1) is 20.7. The number of esters is 1. The molecule has 0 radical (unpaired) electrons. The normalized spacial score (nSPS) is 12.1. The van der Waals surface area contributed by atoms with Crippen LogP contribution in [0, 0.1) is 0 Å². The second-order valence-electron chi connectivity index (χ2n) is 7.46. The molecule has 0 saturated heterocycles. The van der Waals surface area contributed by atoms with Crippen LogP contribution in [0.4, 0.5) is 0 Å². The summed E-state index contributed by atoms with van der Waals surface area (Å²) in [6.07, 6.45) is 3.19. The summed E-state index contributed by atoms with van der Waals surface area (Å²) in [7, 11) is 0. The highest BCUT2D eigenvalue weighted by atomic mass is 16.6. The molecule has 0 amide bonds. The maximum atomic E-state index is 12.3. The van der Waals surface area contributed by atoms with E-state index in [1.165, 1.54) is 11.1 Å². The van der Waals surface area contributed by atoms with E-state index in [0.29, 0.717) is 23.7 Å². The van der Waals surface area contributed by atoms with E-state index in [2.05, 4.69) is 0 Å². The van der Waals surface area contributed by atoms with Gasteiger partial charge < -0.3 is 14.2 Å². The zero-order valence-electron chi connectivity index (χ0n) is 17.2. The third-order valence-electron chi connectivity index (χ3n) is 5.21. The topological polar surface area (TPSA) is 61.8 Å². The molecule has 0 saturated carbocycles. The zero-order valence-corrected chi connectivity index (χ0v) is 17.2. The maximum Gasteiger partial charge on any atom is 0.344 e. The predicted molar refractivity (Wildman–Crippen MR) is 116 cm³/mol. The molecule has 3 aromatic carbocycles. The van der Waals surface area contributed by atoms with Gasteiger partial charge in [-0.3, -0.25) is 4.79 Å². The number of hydrogen-bond acceptors (Lipinski definition) is 5. The summed E-state index contributed by atoms with van der Waals surface area (Å²) in [6.45, 7) is -0.0689. The quantitative estimate of drug-likeness (QED) is 0.378. The number of carbonyl (C=O) groups is 2. The van der Waals surface area contributed by atoms with Crippen LogP contribution in [0.15, 0.2) is 72.8 Å². The average Bonchev–Trinajstić information content (AvgIpc) is 3.29. The molecule has 4 rings (SSSR count). The van der Waals surface area contributed by atoms with Gasteiger partial charge in [0.2, 0.25) is 0 Å². The predicted octanol–water partition coefficient (Wildman–Crippen LogP) is 4.56. The van der Waals surface area contributed by atoms with Gasteiger partial charge in [-0.1, -0.05) is 42.5 Å². The monoisotopic (exact) mass is 416 g/mol. The number of ether oxygens (including phenoxy) is 3. The van der Waals surface area contributed by atoms with Crippen molar-refractivity contribution in [2.24, 2.45) is 0 Å². The molecule has 0 aromatic heterocycles. The number of Topliss-reactive ketones (excluding diaryl/α,β-unsaturated/α-hetero) is 1. The number of hydrogen-bond donors (Lipinski definition) is 0. The molecule has 0 atom stereocenters. The molecule has 1 aliphatic rings. The van der Waals surface area contributed by atoms with Gasteiger partial charge in [-0.25, -0.2) is 4.79 Å². The van der Waals surface area contributed by atoms with Crippen LogP contribution in [-0.4, -0.2) is 25.0 Å². The number of fused-ring (bicyclic) bond motifs is 1. The van der Waals surface area contributed by atoms with Crippen molar-refractivity contribution in [3.05, 3.63) is 95.1 Å². The van der Waals surface area contributed by atoms with Crippen LogP contribution in [0.25, 0.3) is 0 Å². The molecule has 158 valence electrons. The van der Waals surface area contributed by atoms with E-state index in [-0.39, 0.29) is 19.0 Å². The fraction of sp³-hybridized carbons (Fsp3) is 0.231. The molecule has 1 aliphatic carbocycles. The molecular formula is C26H24O5. The lowest BCUT2D eigenvalue weighted by Crippen LogP contribution is -2.19. The zero-order chi connectivity index (χ0) is 21.5. The minimum absolute atomic E-state index is 0.206. The van der Waals surface area contributed by atoms with Gasteiger partial charge in [-0.2, -0.15) is 0 Å². The first-order chi connectivity index (χ1) is 15.2. The summed E-state index contributed by atoms with van der Waals surface area (Å²) < 4.78 is 16.2. The highest BCUT2D eigenvalue weighted by Gasteiger charge is 2.15. The molecule has 0 heterocycles. The lowest BCUT2D eigenvalue weighted by molar-refractivity contribution is -0.144. The summed E-state index contributed by atoms with van der Waals surface area (Å²) in [6, 6.07) is 22.6. The molecule has 0 fully saturated rings. The van der Waals surface area contributed by atoms with Crippen molar-refractivity contribution in [2.75, 3.05) is 13.2 Å². The van der Waals surface area contributed by atoms with Gasteiger partial charge in [0.25, 0.3) is 0 Å². The second kappa shape index (κ2) is 9.94. The first-order valence-corrected chi connectivity index (χ1v) is 10.4. The molecular weight excluding hydrogens is 392 g/mol. The summed E-state index contributed by atoms with van der Waals surface area (Å²) in [5.41, 5.74) is 4.19. The molecule has 3 aromatic rings. The van der Waals surface area contributed by atoms with Crippen molar-refractivity contribution >= 4 is 11.8 Å². The average molecular weight is 416 g/mol. The summed E-state index contributed by atoms with van der Waals surface area (Å²) in [5, 5.41) is 0. The Labute approximate surface area is 181 Å². The lowest BCUT2D eigenvalue weighted by atomic mass is 10.0. The van der Waals surface area contributed by atoms with Gasteiger partial charge in [0.15, 0.2) is 19.0 Å². The van der Waals surface area contributed by atoms with Crippen LogP contribution >= 0.6 is 0 Å². The standard InChI is InChI=1S/C26H24O5/c27-25(22-10-9-20-7-4-8-21(20)15-22)17-31-26(28)18-30-24-13-11-23(12-14-24)29-16-19-5-2-1-3-6-19/h1-3,5-6,9-15H,4,7-8,16-18H2. The fourth-order valence-corrected chi connectivity index (χ4v) is 3.53. The molecule has 5 heteroatoms. The van der Waals surface area contributed by atoms with E-state index >= 15 is 0 Å². The molecule has 0 N–H and O–H groups in total. The number of benzene rings is 3. The van der Waals surface area contributed by atoms with Crippen LogP contribution in [0.1, 0.15) is 33.5 Å². The molecule has 31 heavy (non-hydrogen) atoms. The number of ketones is 1. The van der Waals surface area contributed by atoms with Gasteiger partial charge in [-0.05, 0) is 66.3 Å². The van der Waals surface area contributed by atoms with Crippen molar-refractivity contribution in [3.8, 4) is 11.5 Å². The Kier molecular flexibility index (Phi) is 6.62. The second-order valence-corrected chi connectivity index (χ2v) is 7.46. The maximum absolute atomic E-state index is 12.3. The Bertz CT molecular complexity index is 1040. The lowest BCUT2D eigenvalue weighted by Gasteiger charge is -2.09. The largest absolute Gasteiger partial charge is 0.489 e. The molecule has 5 nitrogen and oxygen atoms in total. The Morgan fingerprint density at radius 2 is 1.45 bits per heavy atom. The van der Waals surface area contributed by atoms with Crippen LogP contribution in [0.5, 0.6) is 11.5 Å². The highest BCUT2D eigenvalue weighted by Crippen LogP contribution is 2.23. The highest BCUT2D eigenvalue weighted by molar-refractivity contribution is 5.98. The minimum Gasteiger partial charge on any atom is -0.489 e. The smallest absolute Gasteiger partial charge is 0.344 e. The van der Waals surface area contributed by atoms with Crippen LogP contribution in [-0.2, 0) is 29.0 Å².